The average molecular weight is 563 g/mol. The summed E-state index contributed by atoms with van der Waals surface area (Å²) in [7, 11) is 0. The number of rotatable bonds is 9. The third-order valence-electron chi connectivity index (χ3n) is 11.2. The zero-order valence-electron chi connectivity index (χ0n) is 24.6. The fraction of sp³-hybridized carbons (Fsp3) is 0.639. The number of nitrogens with zero attached hydrogens (tertiary/aromatic N) is 1. The van der Waals surface area contributed by atoms with Crippen LogP contribution in [-0.4, -0.2) is 36.5 Å². The maximum absolute atomic E-state index is 14.0. The molecule has 0 radical (unpaired) electrons. The normalized spacial score (nSPS) is 26.1. The Labute approximate surface area is 245 Å². The molecule has 0 spiro atoms. The highest BCUT2D eigenvalue weighted by Gasteiger charge is 2.45. The summed E-state index contributed by atoms with van der Waals surface area (Å²) in [5.74, 6) is 2.57. The number of benzene rings is 2. The van der Waals surface area contributed by atoms with E-state index in [4.69, 9.17) is 0 Å². The fourth-order valence-electron chi connectivity index (χ4n) is 9.03. The molecule has 6 rings (SSSR count). The lowest BCUT2D eigenvalue weighted by Gasteiger charge is -2.38. The van der Waals surface area contributed by atoms with Crippen LogP contribution in [0, 0.1) is 41.2 Å². The Morgan fingerprint density at radius 2 is 1.27 bits per heavy atom. The number of hydrogen-bond acceptors (Lipinski definition) is 2. The summed E-state index contributed by atoms with van der Waals surface area (Å²) in [6.45, 7) is 3.07. The van der Waals surface area contributed by atoms with E-state index in [1.165, 1.54) is 94.9 Å². The Morgan fingerprint density at radius 1 is 0.732 bits per heavy atom. The van der Waals surface area contributed by atoms with E-state index < -0.39 is 0 Å². The van der Waals surface area contributed by atoms with Gasteiger partial charge in [-0.15, -0.1) is 0 Å². The molecule has 3 atom stereocenters. The molecule has 5 heteroatoms. The van der Waals surface area contributed by atoms with Crippen LogP contribution in [-0.2, 0) is 4.79 Å². The largest absolute Gasteiger partial charge is 0.353 e. The van der Waals surface area contributed by atoms with Gasteiger partial charge in [0.15, 0.2) is 0 Å². The highest BCUT2D eigenvalue weighted by Crippen LogP contribution is 2.42. The average Bonchev–Trinajstić information content (AvgIpc) is 3.57. The molecule has 4 fully saturated rings. The molecular formula is C36H48F2N2O. The first-order valence-corrected chi connectivity index (χ1v) is 16.6. The van der Waals surface area contributed by atoms with Gasteiger partial charge in [0.1, 0.15) is 11.6 Å². The molecule has 41 heavy (non-hydrogen) atoms. The van der Waals surface area contributed by atoms with Gasteiger partial charge >= 0.3 is 0 Å². The highest BCUT2D eigenvalue weighted by atomic mass is 19.1. The summed E-state index contributed by atoms with van der Waals surface area (Å²) in [5.41, 5.74) is 2.14. The first-order chi connectivity index (χ1) is 20.0. The molecule has 0 bridgehead atoms. The second-order valence-corrected chi connectivity index (χ2v) is 13.6. The monoisotopic (exact) mass is 562 g/mol. The number of likely N-dealkylation sites (tertiary alicyclic amines) is 1. The Kier molecular flexibility index (Phi) is 9.39. The first-order valence-electron chi connectivity index (χ1n) is 16.6. The number of nitrogens with one attached hydrogen (secondary N) is 1. The van der Waals surface area contributed by atoms with Gasteiger partial charge in [-0.05, 0) is 111 Å². The van der Waals surface area contributed by atoms with Crippen molar-refractivity contribution in [1.82, 2.24) is 10.2 Å². The van der Waals surface area contributed by atoms with E-state index in [9.17, 15) is 13.6 Å². The predicted molar refractivity (Wildman–Crippen MR) is 160 cm³/mol. The van der Waals surface area contributed by atoms with Gasteiger partial charge in [-0.2, -0.15) is 0 Å². The SMILES string of the molecule is O=C(N[C@@H]1CC[C@H]2CN(CCC(c3ccc(F)cc3)c3ccc(F)cc3)C[C@H]21)C(C1CCCCC1)C1CCCCC1. The lowest BCUT2D eigenvalue weighted by atomic mass is 9.69. The summed E-state index contributed by atoms with van der Waals surface area (Å²) in [4.78, 5) is 16.5. The quantitative estimate of drug-likeness (QED) is 0.335. The number of hydrogen-bond donors (Lipinski definition) is 1. The van der Waals surface area contributed by atoms with E-state index in [1.807, 2.05) is 24.3 Å². The Bertz CT molecular complexity index is 1060. The zero-order chi connectivity index (χ0) is 28.2. The van der Waals surface area contributed by atoms with Crippen LogP contribution in [0.5, 0.6) is 0 Å². The maximum atomic E-state index is 14.0. The van der Waals surface area contributed by atoms with Crippen LogP contribution in [0.3, 0.4) is 0 Å². The Morgan fingerprint density at radius 3 is 1.80 bits per heavy atom. The third kappa shape index (κ3) is 6.87. The molecule has 1 amide bonds. The van der Waals surface area contributed by atoms with Crippen LogP contribution in [0.2, 0.25) is 0 Å². The van der Waals surface area contributed by atoms with Crippen LogP contribution in [0.15, 0.2) is 48.5 Å². The number of fused-ring (bicyclic) bond motifs is 1. The molecule has 1 saturated heterocycles. The highest BCUT2D eigenvalue weighted by molar-refractivity contribution is 5.79. The van der Waals surface area contributed by atoms with Gasteiger partial charge in [0.25, 0.3) is 0 Å². The molecule has 222 valence electrons. The Balaban J connectivity index is 1.09. The van der Waals surface area contributed by atoms with Crippen LogP contribution in [0.4, 0.5) is 8.78 Å². The van der Waals surface area contributed by atoms with Gasteiger partial charge in [0.05, 0.1) is 0 Å². The lowest BCUT2D eigenvalue weighted by Crippen LogP contribution is -2.47. The topological polar surface area (TPSA) is 32.3 Å². The van der Waals surface area contributed by atoms with Crippen LogP contribution in [0.25, 0.3) is 0 Å². The first kappa shape index (κ1) is 28.8. The zero-order valence-corrected chi connectivity index (χ0v) is 24.6. The summed E-state index contributed by atoms with van der Waals surface area (Å²) < 4.78 is 27.3. The summed E-state index contributed by atoms with van der Waals surface area (Å²) in [6.07, 6.45) is 16.0. The van der Waals surface area contributed by atoms with Gasteiger partial charge in [-0.1, -0.05) is 62.8 Å². The number of amides is 1. The molecule has 2 aromatic carbocycles. The van der Waals surface area contributed by atoms with Crippen LogP contribution >= 0.6 is 0 Å². The van der Waals surface area contributed by atoms with Crippen molar-refractivity contribution in [3.8, 4) is 0 Å². The van der Waals surface area contributed by atoms with Crippen molar-refractivity contribution in [3.63, 3.8) is 0 Å². The molecule has 2 aromatic rings. The van der Waals surface area contributed by atoms with Gasteiger partial charge in [0.2, 0.25) is 5.91 Å². The summed E-state index contributed by atoms with van der Waals surface area (Å²) in [6, 6.07) is 13.8. The molecular weight excluding hydrogens is 514 g/mol. The molecule has 0 unspecified atom stereocenters. The second kappa shape index (κ2) is 13.4. The fourth-order valence-corrected chi connectivity index (χ4v) is 9.03. The molecule has 3 nitrogen and oxygen atoms in total. The summed E-state index contributed by atoms with van der Waals surface area (Å²) in [5, 5.41) is 3.66. The summed E-state index contributed by atoms with van der Waals surface area (Å²) >= 11 is 0. The van der Waals surface area contributed by atoms with E-state index in [2.05, 4.69) is 10.2 Å². The maximum Gasteiger partial charge on any atom is 0.223 e. The smallest absolute Gasteiger partial charge is 0.223 e. The van der Waals surface area contributed by atoms with Crippen molar-refractivity contribution in [3.05, 3.63) is 71.3 Å². The molecule has 0 aromatic heterocycles. The van der Waals surface area contributed by atoms with E-state index in [0.717, 1.165) is 43.6 Å². The predicted octanol–water partition coefficient (Wildman–Crippen LogP) is 8.09. The van der Waals surface area contributed by atoms with Gasteiger partial charge in [0, 0.05) is 31.0 Å². The molecule has 1 N–H and O–H groups in total. The van der Waals surface area contributed by atoms with Gasteiger partial charge in [-0.25, -0.2) is 8.78 Å². The molecule has 1 heterocycles. The van der Waals surface area contributed by atoms with Crippen molar-refractivity contribution in [2.24, 2.45) is 29.6 Å². The van der Waals surface area contributed by atoms with Crippen molar-refractivity contribution in [2.45, 2.75) is 95.4 Å². The molecule has 1 aliphatic heterocycles. The van der Waals surface area contributed by atoms with Crippen LogP contribution in [0.1, 0.15) is 101 Å². The number of carbonyl (C=O) groups is 1. The Hall–Kier alpha value is -2.27. The van der Waals surface area contributed by atoms with E-state index >= 15 is 0 Å². The van der Waals surface area contributed by atoms with Crippen molar-refractivity contribution >= 4 is 5.91 Å². The van der Waals surface area contributed by atoms with E-state index in [-0.39, 0.29) is 23.5 Å². The van der Waals surface area contributed by atoms with E-state index in [1.54, 1.807) is 0 Å². The third-order valence-corrected chi connectivity index (χ3v) is 11.2. The minimum absolute atomic E-state index is 0.0962. The second-order valence-electron chi connectivity index (χ2n) is 13.6. The van der Waals surface area contributed by atoms with Gasteiger partial charge in [-0.3, -0.25) is 4.79 Å². The molecule has 3 saturated carbocycles. The van der Waals surface area contributed by atoms with Crippen molar-refractivity contribution in [1.29, 1.82) is 0 Å². The minimum atomic E-state index is -0.235. The van der Waals surface area contributed by atoms with E-state index in [0.29, 0.717) is 35.6 Å². The lowest BCUT2D eigenvalue weighted by molar-refractivity contribution is -0.131. The molecule has 3 aliphatic carbocycles. The minimum Gasteiger partial charge on any atom is -0.353 e. The van der Waals surface area contributed by atoms with Crippen molar-refractivity contribution in [2.75, 3.05) is 19.6 Å². The van der Waals surface area contributed by atoms with Crippen molar-refractivity contribution < 1.29 is 13.6 Å². The van der Waals surface area contributed by atoms with Gasteiger partial charge < -0.3 is 10.2 Å². The number of halogens is 2. The number of carbonyl (C=O) groups excluding carboxylic acids is 1. The molecule has 4 aliphatic rings. The van der Waals surface area contributed by atoms with Crippen LogP contribution < -0.4 is 5.32 Å². The standard InChI is InChI=1S/C36H48F2N2O/c37-30-16-11-25(12-17-30)32(26-13-18-31(38)19-14-26)21-22-40-23-29-15-20-34(33(29)24-40)39-36(41)35(27-7-3-1-4-8-27)28-9-5-2-6-10-28/h11-14,16-19,27-29,32-35H,1-10,15,20-24H2,(H,39,41)/t29-,33+,34+/m0/s1.